The standard InChI is InChI=1S/C9H16O6/c1-4-3-13-7-5(2-10)15-9(12)6(11)8(7)14-4/h4-12H,2-3H2,1H3. The summed E-state index contributed by atoms with van der Waals surface area (Å²) in [6.45, 7) is 1.94. The molecule has 6 heteroatoms. The van der Waals surface area contributed by atoms with Crippen molar-refractivity contribution in [3.63, 3.8) is 0 Å². The second kappa shape index (κ2) is 4.32. The van der Waals surface area contributed by atoms with Gasteiger partial charge < -0.3 is 29.5 Å². The predicted octanol–water partition coefficient (Wildman–Crippen LogP) is -1.77. The summed E-state index contributed by atoms with van der Waals surface area (Å²) in [6.07, 6.45) is -4.43. The molecule has 15 heavy (non-hydrogen) atoms. The molecule has 2 rings (SSSR count). The molecular formula is C9H16O6. The van der Waals surface area contributed by atoms with Crippen molar-refractivity contribution in [3.05, 3.63) is 0 Å². The Hall–Kier alpha value is -0.240. The van der Waals surface area contributed by atoms with Gasteiger partial charge in [-0.1, -0.05) is 0 Å². The molecule has 2 saturated heterocycles. The van der Waals surface area contributed by atoms with Gasteiger partial charge in [0.25, 0.3) is 0 Å². The van der Waals surface area contributed by atoms with Gasteiger partial charge in [0, 0.05) is 0 Å². The second-order valence-corrected chi connectivity index (χ2v) is 3.95. The third-order valence-corrected chi connectivity index (χ3v) is 2.73. The number of ether oxygens (including phenoxy) is 3. The summed E-state index contributed by atoms with van der Waals surface area (Å²) in [5.74, 6) is 0. The fourth-order valence-electron chi connectivity index (χ4n) is 1.97. The van der Waals surface area contributed by atoms with Gasteiger partial charge in [-0.15, -0.1) is 0 Å². The van der Waals surface area contributed by atoms with E-state index < -0.39 is 30.7 Å². The van der Waals surface area contributed by atoms with Crippen molar-refractivity contribution in [1.29, 1.82) is 0 Å². The summed E-state index contributed by atoms with van der Waals surface area (Å²) in [7, 11) is 0. The minimum atomic E-state index is -1.34. The molecule has 6 nitrogen and oxygen atoms in total. The summed E-state index contributed by atoms with van der Waals surface area (Å²) < 4.78 is 15.9. The fraction of sp³-hybridized carbons (Fsp3) is 1.00. The lowest BCUT2D eigenvalue weighted by molar-refractivity contribution is -0.330. The summed E-state index contributed by atoms with van der Waals surface area (Å²) in [6, 6.07) is 0. The first-order valence-electron chi connectivity index (χ1n) is 5.03. The zero-order valence-electron chi connectivity index (χ0n) is 8.44. The zero-order chi connectivity index (χ0) is 11.0. The van der Waals surface area contributed by atoms with Crippen LogP contribution in [0.5, 0.6) is 0 Å². The zero-order valence-corrected chi connectivity index (χ0v) is 8.44. The highest BCUT2D eigenvalue weighted by Gasteiger charge is 2.48. The van der Waals surface area contributed by atoms with Crippen LogP contribution in [0.1, 0.15) is 6.92 Å². The van der Waals surface area contributed by atoms with E-state index >= 15 is 0 Å². The van der Waals surface area contributed by atoms with Gasteiger partial charge in [-0.2, -0.15) is 0 Å². The maximum absolute atomic E-state index is 9.64. The first-order chi connectivity index (χ1) is 7.13. The van der Waals surface area contributed by atoms with E-state index in [4.69, 9.17) is 19.3 Å². The van der Waals surface area contributed by atoms with E-state index in [2.05, 4.69) is 0 Å². The highest BCUT2D eigenvalue weighted by molar-refractivity contribution is 4.93. The van der Waals surface area contributed by atoms with Crippen LogP contribution >= 0.6 is 0 Å². The van der Waals surface area contributed by atoms with Crippen molar-refractivity contribution in [2.75, 3.05) is 13.2 Å². The average molecular weight is 220 g/mol. The largest absolute Gasteiger partial charge is 0.394 e. The molecule has 0 spiro atoms. The van der Waals surface area contributed by atoms with E-state index in [0.29, 0.717) is 6.61 Å². The Morgan fingerprint density at radius 2 is 1.93 bits per heavy atom. The molecule has 0 aromatic rings. The molecule has 0 saturated carbocycles. The minimum absolute atomic E-state index is 0.134. The number of hydrogen-bond acceptors (Lipinski definition) is 6. The van der Waals surface area contributed by atoms with Crippen LogP contribution in [0.3, 0.4) is 0 Å². The first-order valence-corrected chi connectivity index (χ1v) is 5.03. The minimum Gasteiger partial charge on any atom is -0.394 e. The molecule has 0 amide bonds. The van der Waals surface area contributed by atoms with Crippen molar-refractivity contribution in [2.24, 2.45) is 0 Å². The second-order valence-electron chi connectivity index (χ2n) is 3.95. The van der Waals surface area contributed by atoms with Crippen LogP contribution in [0.2, 0.25) is 0 Å². The van der Waals surface area contributed by atoms with Crippen LogP contribution < -0.4 is 0 Å². The van der Waals surface area contributed by atoms with Crippen LogP contribution in [-0.2, 0) is 14.2 Å². The predicted molar refractivity (Wildman–Crippen MR) is 48.0 cm³/mol. The lowest BCUT2D eigenvalue weighted by atomic mass is 9.97. The normalized spacial score (nSPS) is 51.2. The SMILES string of the molecule is CC1COC2C(CO)OC(O)C(O)C2O1. The Kier molecular flexibility index (Phi) is 3.24. The molecule has 0 aliphatic carbocycles. The number of hydrogen-bond donors (Lipinski definition) is 3. The molecule has 0 aromatic heterocycles. The van der Waals surface area contributed by atoms with Crippen molar-refractivity contribution in [2.45, 2.75) is 43.7 Å². The maximum atomic E-state index is 9.64. The number of aliphatic hydroxyl groups excluding tert-OH is 3. The third kappa shape index (κ3) is 2.01. The number of fused-ring (bicyclic) bond motifs is 1. The van der Waals surface area contributed by atoms with Crippen molar-refractivity contribution in [3.8, 4) is 0 Å². The molecule has 2 aliphatic heterocycles. The van der Waals surface area contributed by atoms with Gasteiger partial charge in [0.2, 0.25) is 0 Å². The molecule has 2 fully saturated rings. The Balaban J connectivity index is 2.12. The molecule has 6 unspecified atom stereocenters. The van der Waals surface area contributed by atoms with E-state index in [1.807, 2.05) is 6.92 Å². The Morgan fingerprint density at radius 1 is 1.20 bits per heavy atom. The fourth-order valence-corrected chi connectivity index (χ4v) is 1.97. The van der Waals surface area contributed by atoms with Gasteiger partial charge in [-0.25, -0.2) is 0 Å². The molecule has 0 radical (unpaired) electrons. The van der Waals surface area contributed by atoms with Crippen LogP contribution in [-0.4, -0.2) is 65.3 Å². The van der Waals surface area contributed by atoms with Gasteiger partial charge in [0.15, 0.2) is 6.29 Å². The summed E-state index contributed by atoms with van der Waals surface area (Å²) in [5.41, 5.74) is 0. The monoisotopic (exact) mass is 220 g/mol. The summed E-state index contributed by atoms with van der Waals surface area (Å²) in [5, 5.41) is 28.1. The third-order valence-electron chi connectivity index (χ3n) is 2.73. The van der Waals surface area contributed by atoms with Crippen molar-refractivity contribution >= 4 is 0 Å². The van der Waals surface area contributed by atoms with E-state index in [9.17, 15) is 10.2 Å². The van der Waals surface area contributed by atoms with E-state index in [-0.39, 0.29) is 12.7 Å². The van der Waals surface area contributed by atoms with Gasteiger partial charge in [-0.05, 0) is 6.92 Å². The Morgan fingerprint density at radius 3 is 2.60 bits per heavy atom. The lowest BCUT2D eigenvalue weighted by Gasteiger charge is -2.46. The molecule has 88 valence electrons. The Labute approximate surface area is 87.4 Å². The molecule has 0 bridgehead atoms. The maximum Gasteiger partial charge on any atom is 0.184 e. The van der Waals surface area contributed by atoms with Crippen LogP contribution in [0.4, 0.5) is 0 Å². The van der Waals surface area contributed by atoms with Crippen LogP contribution in [0.15, 0.2) is 0 Å². The van der Waals surface area contributed by atoms with Crippen molar-refractivity contribution in [1.82, 2.24) is 0 Å². The van der Waals surface area contributed by atoms with Crippen LogP contribution in [0, 0.1) is 0 Å². The topological polar surface area (TPSA) is 88.4 Å². The number of aliphatic hydroxyl groups is 3. The summed E-state index contributed by atoms with van der Waals surface area (Å²) >= 11 is 0. The van der Waals surface area contributed by atoms with Crippen LogP contribution in [0.25, 0.3) is 0 Å². The molecule has 2 aliphatic rings. The quantitative estimate of drug-likeness (QED) is 0.484. The molecule has 0 aromatic carbocycles. The van der Waals surface area contributed by atoms with Gasteiger partial charge in [-0.3, -0.25) is 0 Å². The molecule has 2 heterocycles. The van der Waals surface area contributed by atoms with E-state index in [1.54, 1.807) is 0 Å². The molecular weight excluding hydrogens is 204 g/mol. The van der Waals surface area contributed by atoms with Gasteiger partial charge in [0.05, 0.1) is 19.3 Å². The van der Waals surface area contributed by atoms with Gasteiger partial charge in [0.1, 0.15) is 24.4 Å². The number of rotatable bonds is 1. The van der Waals surface area contributed by atoms with E-state index in [1.165, 1.54) is 0 Å². The molecule has 3 N–H and O–H groups in total. The highest BCUT2D eigenvalue weighted by atomic mass is 16.7. The average Bonchev–Trinajstić information content (AvgIpc) is 2.23. The Bertz CT molecular complexity index is 223. The first kappa shape index (κ1) is 11.3. The smallest absolute Gasteiger partial charge is 0.184 e. The lowest BCUT2D eigenvalue weighted by Crippen LogP contribution is -2.63. The summed E-state index contributed by atoms with van der Waals surface area (Å²) in [4.78, 5) is 0. The highest BCUT2D eigenvalue weighted by Crippen LogP contribution is 2.28. The van der Waals surface area contributed by atoms with Gasteiger partial charge >= 0.3 is 0 Å². The van der Waals surface area contributed by atoms with E-state index in [0.717, 1.165) is 0 Å². The molecule has 6 atom stereocenters. The van der Waals surface area contributed by atoms with Crippen molar-refractivity contribution < 1.29 is 29.5 Å².